The second-order valence-corrected chi connectivity index (χ2v) is 10.4. The Morgan fingerprint density at radius 3 is 2.46 bits per heavy atom. The monoisotopic (exact) mass is 529 g/mol. The van der Waals surface area contributed by atoms with Crippen molar-refractivity contribution >= 4 is 17.7 Å². The first kappa shape index (κ1) is 28.5. The Bertz CT molecular complexity index is 1200. The van der Waals surface area contributed by atoms with E-state index in [2.05, 4.69) is 17.2 Å². The molecule has 0 aliphatic carbocycles. The van der Waals surface area contributed by atoms with Crippen molar-refractivity contribution in [3.8, 4) is 11.8 Å². The summed E-state index contributed by atoms with van der Waals surface area (Å²) in [6.45, 7) is 1.68. The molecular weight excluding hydrogens is 490 g/mol. The summed E-state index contributed by atoms with van der Waals surface area (Å²) in [7, 11) is 0. The SMILES string of the molecule is N[C@H](COCCCCCCCCCC#Cc1cccc2c1CN(C1CCC(=O)NC1=O)C2=O)c1ccccc1. The summed E-state index contributed by atoms with van der Waals surface area (Å²) in [5, 5.41) is 2.35. The van der Waals surface area contributed by atoms with Crippen LogP contribution in [0.3, 0.4) is 0 Å². The van der Waals surface area contributed by atoms with Crippen LogP contribution in [0.1, 0.15) is 97.3 Å². The summed E-state index contributed by atoms with van der Waals surface area (Å²) in [6.07, 6.45) is 9.54. The summed E-state index contributed by atoms with van der Waals surface area (Å²) in [5.74, 6) is 5.69. The Hall–Kier alpha value is -3.47. The van der Waals surface area contributed by atoms with Crippen LogP contribution in [0.2, 0.25) is 0 Å². The first-order valence-corrected chi connectivity index (χ1v) is 14.2. The van der Waals surface area contributed by atoms with Crippen LogP contribution in [0.4, 0.5) is 0 Å². The lowest BCUT2D eigenvalue weighted by atomic mass is 10.0. The van der Waals surface area contributed by atoms with Crippen molar-refractivity contribution in [3.05, 3.63) is 70.8 Å². The van der Waals surface area contributed by atoms with Crippen LogP contribution in [0.25, 0.3) is 0 Å². The Kier molecular flexibility index (Phi) is 10.7. The van der Waals surface area contributed by atoms with Crippen molar-refractivity contribution in [2.24, 2.45) is 5.73 Å². The fourth-order valence-corrected chi connectivity index (χ4v) is 5.17. The second kappa shape index (κ2) is 14.6. The maximum absolute atomic E-state index is 12.9. The van der Waals surface area contributed by atoms with Crippen LogP contribution in [-0.4, -0.2) is 41.9 Å². The molecule has 3 N–H and O–H groups in total. The number of imide groups is 1. The van der Waals surface area contributed by atoms with Gasteiger partial charge in [-0.25, -0.2) is 0 Å². The summed E-state index contributed by atoms with van der Waals surface area (Å²) in [6, 6.07) is 15.0. The highest BCUT2D eigenvalue weighted by atomic mass is 16.5. The van der Waals surface area contributed by atoms with Crippen molar-refractivity contribution in [1.29, 1.82) is 0 Å². The number of benzene rings is 2. The molecular formula is C32H39N3O4. The Balaban J connectivity index is 1.08. The average molecular weight is 530 g/mol. The first-order chi connectivity index (χ1) is 19.0. The van der Waals surface area contributed by atoms with Crippen molar-refractivity contribution in [2.45, 2.75) is 82.8 Å². The molecule has 2 atom stereocenters. The lowest BCUT2D eigenvalue weighted by molar-refractivity contribution is -0.136. The number of piperidine rings is 1. The minimum Gasteiger partial charge on any atom is -0.379 e. The highest BCUT2D eigenvalue weighted by Gasteiger charge is 2.39. The van der Waals surface area contributed by atoms with E-state index in [9.17, 15) is 14.4 Å². The lowest BCUT2D eigenvalue weighted by Crippen LogP contribution is -2.52. The second-order valence-electron chi connectivity index (χ2n) is 10.4. The zero-order valence-corrected chi connectivity index (χ0v) is 22.6. The van der Waals surface area contributed by atoms with E-state index >= 15 is 0 Å². The predicted molar refractivity (Wildman–Crippen MR) is 150 cm³/mol. The van der Waals surface area contributed by atoms with Crippen molar-refractivity contribution < 1.29 is 19.1 Å². The van der Waals surface area contributed by atoms with Gasteiger partial charge in [0.2, 0.25) is 11.8 Å². The van der Waals surface area contributed by atoms with Gasteiger partial charge in [-0.1, -0.05) is 80.3 Å². The smallest absolute Gasteiger partial charge is 0.255 e. The zero-order chi connectivity index (χ0) is 27.5. The van der Waals surface area contributed by atoms with Gasteiger partial charge in [-0.05, 0) is 42.5 Å². The van der Waals surface area contributed by atoms with E-state index in [4.69, 9.17) is 10.5 Å². The fraction of sp³-hybridized carbons (Fsp3) is 0.469. The van der Waals surface area contributed by atoms with E-state index in [0.717, 1.165) is 49.0 Å². The highest BCUT2D eigenvalue weighted by Crippen LogP contribution is 2.29. The van der Waals surface area contributed by atoms with E-state index in [-0.39, 0.29) is 24.3 Å². The average Bonchev–Trinajstić information content (AvgIpc) is 3.28. The number of nitrogens with two attached hydrogens (primary N) is 1. The van der Waals surface area contributed by atoms with Gasteiger partial charge >= 0.3 is 0 Å². The van der Waals surface area contributed by atoms with Gasteiger partial charge < -0.3 is 15.4 Å². The molecule has 0 spiro atoms. The lowest BCUT2D eigenvalue weighted by Gasteiger charge is -2.29. The molecule has 39 heavy (non-hydrogen) atoms. The topological polar surface area (TPSA) is 102 Å². The van der Waals surface area contributed by atoms with Crippen LogP contribution >= 0.6 is 0 Å². The molecule has 2 aliphatic rings. The van der Waals surface area contributed by atoms with Gasteiger partial charge in [-0.15, -0.1) is 0 Å². The number of rotatable bonds is 13. The van der Waals surface area contributed by atoms with Gasteiger partial charge in [0.25, 0.3) is 5.91 Å². The van der Waals surface area contributed by atoms with Gasteiger partial charge in [0, 0.05) is 37.1 Å². The molecule has 2 aromatic rings. The normalized spacial score (nSPS) is 17.4. The number of nitrogens with zero attached hydrogens (tertiary/aromatic N) is 1. The van der Waals surface area contributed by atoms with E-state index in [1.807, 2.05) is 42.5 Å². The summed E-state index contributed by atoms with van der Waals surface area (Å²) < 4.78 is 5.75. The molecule has 1 fully saturated rings. The third-order valence-electron chi connectivity index (χ3n) is 7.42. The van der Waals surface area contributed by atoms with Gasteiger partial charge in [0.15, 0.2) is 0 Å². The molecule has 4 rings (SSSR count). The van der Waals surface area contributed by atoms with E-state index in [1.165, 1.54) is 25.7 Å². The summed E-state index contributed by atoms with van der Waals surface area (Å²) in [4.78, 5) is 38.3. The van der Waals surface area contributed by atoms with Crippen LogP contribution in [0, 0.1) is 11.8 Å². The summed E-state index contributed by atoms with van der Waals surface area (Å²) >= 11 is 0. The van der Waals surface area contributed by atoms with Crippen LogP contribution in [0.15, 0.2) is 48.5 Å². The number of hydrogen-bond donors (Lipinski definition) is 2. The molecule has 7 heteroatoms. The molecule has 1 saturated heterocycles. The van der Waals surface area contributed by atoms with Gasteiger partial charge in [0.1, 0.15) is 6.04 Å². The zero-order valence-electron chi connectivity index (χ0n) is 22.6. The van der Waals surface area contributed by atoms with E-state index in [1.54, 1.807) is 11.0 Å². The standard InChI is InChI=1S/C32H39N3O4/c33-28(25-15-10-8-11-16-25)23-39-21-12-7-5-3-1-2-4-6-9-14-24-17-13-18-26-27(24)22-35(32(26)38)29-19-20-30(36)34-31(29)37/h8,10-11,13,15-18,28-29H,1-7,12,19-23,33H2,(H,34,36,37)/t28-,29?/m1/s1. The molecule has 3 amide bonds. The molecule has 1 unspecified atom stereocenters. The van der Waals surface area contributed by atoms with Crippen LogP contribution < -0.4 is 11.1 Å². The Labute approximate surface area is 231 Å². The molecule has 2 heterocycles. The maximum atomic E-state index is 12.9. The number of amides is 3. The third-order valence-corrected chi connectivity index (χ3v) is 7.42. The van der Waals surface area contributed by atoms with Crippen molar-refractivity contribution in [1.82, 2.24) is 10.2 Å². The van der Waals surface area contributed by atoms with E-state index < -0.39 is 11.9 Å². The molecule has 0 aromatic heterocycles. The number of carbonyl (C=O) groups excluding carboxylic acids is 3. The Morgan fingerprint density at radius 2 is 1.69 bits per heavy atom. The van der Waals surface area contributed by atoms with Crippen LogP contribution in [0.5, 0.6) is 0 Å². The number of ether oxygens (including phenoxy) is 1. The molecule has 7 nitrogen and oxygen atoms in total. The molecule has 2 aromatic carbocycles. The third kappa shape index (κ3) is 8.01. The highest BCUT2D eigenvalue weighted by molar-refractivity contribution is 6.05. The first-order valence-electron chi connectivity index (χ1n) is 14.2. The molecule has 2 aliphatic heterocycles. The fourth-order valence-electron chi connectivity index (χ4n) is 5.17. The van der Waals surface area contributed by atoms with Crippen LogP contribution in [-0.2, 0) is 20.9 Å². The van der Waals surface area contributed by atoms with Gasteiger partial charge in [-0.2, -0.15) is 0 Å². The number of nitrogens with one attached hydrogen (secondary N) is 1. The number of hydrogen-bond acceptors (Lipinski definition) is 5. The quantitative estimate of drug-likeness (QED) is 0.224. The number of carbonyl (C=O) groups is 3. The van der Waals surface area contributed by atoms with Gasteiger partial charge in [0.05, 0.1) is 12.6 Å². The summed E-state index contributed by atoms with van der Waals surface area (Å²) in [5.41, 5.74) is 9.61. The number of fused-ring (bicyclic) bond motifs is 1. The van der Waals surface area contributed by atoms with Crippen molar-refractivity contribution in [3.63, 3.8) is 0 Å². The minimum atomic E-state index is -0.603. The molecule has 206 valence electrons. The minimum absolute atomic E-state index is 0.0628. The number of unbranched alkanes of at least 4 members (excludes halogenated alkanes) is 7. The predicted octanol–water partition coefficient (Wildman–Crippen LogP) is 4.64. The largest absolute Gasteiger partial charge is 0.379 e. The maximum Gasteiger partial charge on any atom is 0.255 e. The van der Waals surface area contributed by atoms with Gasteiger partial charge in [-0.3, -0.25) is 19.7 Å². The van der Waals surface area contributed by atoms with Crippen molar-refractivity contribution in [2.75, 3.05) is 13.2 Å². The molecule has 0 saturated carbocycles. The Morgan fingerprint density at radius 1 is 0.949 bits per heavy atom. The van der Waals surface area contributed by atoms with E-state index in [0.29, 0.717) is 25.1 Å². The molecule has 0 radical (unpaired) electrons. The molecule has 0 bridgehead atoms.